The van der Waals surface area contributed by atoms with Gasteiger partial charge in [0.25, 0.3) is 6.01 Å². The number of pyridine rings is 1. The Bertz CT molecular complexity index is 726. The van der Waals surface area contributed by atoms with Crippen LogP contribution in [0, 0.1) is 0 Å². The second-order valence-corrected chi connectivity index (χ2v) is 7.82. The van der Waals surface area contributed by atoms with Crippen molar-refractivity contribution >= 4 is 27.3 Å². The maximum atomic E-state index is 12.3. The predicted molar refractivity (Wildman–Crippen MR) is 88.9 cm³/mol. The van der Waals surface area contributed by atoms with Gasteiger partial charge in [0.05, 0.1) is 5.75 Å². The molecule has 0 aromatic carbocycles. The van der Waals surface area contributed by atoms with E-state index in [4.69, 9.17) is 4.42 Å². The van der Waals surface area contributed by atoms with Crippen LogP contribution in [-0.4, -0.2) is 54.6 Å². The third-order valence-corrected chi connectivity index (χ3v) is 5.98. The van der Waals surface area contributed by atoms with Gasteiger partial charge in [0.2, 0.25) is 15.7 Å². The summed E-state index contributed by atoms with van der Waals surface area (Å²) in [5.41, 5.74) is 1.23. The van der Waals surface area contributed by atoms with Crippen LogP contribution in [0.2, 0.25) is 0 Å². The standard InChI is InChI=1S/C15H22N4O3S/c1-2-3-12-23(20,21)19-9-5-8-18(10-11-19)15-17-14-13(22-15)6-4-7-16-14/h4,6-7H,2-3,5,8-12H2,1H3. The van der Waals surface area contributed by atoms with Gasteiger partial charge in [0.1, 0.15) is 0 Å². The third kappa shape index (κ3) is 3.64. The number of rotatable bonds is 5. The van der Waals surface area contributed by atoms with E-state index in [1.807, 2.05) is 24.0 Å². The molecule has 7 nitrogen and oxygen atoms in total. The third-order valence-electron chi connectivity index (χ3n) is 4.03. The number of hydrogen-bond acceptors (Lipinski definition) is 6. The number of fused-ring (bicyclic) bond motifs is 1. The number of hydrogen-bond donors (Lipinski definition) is 0. The minimum atomic E-state index is -3.16. The Morgan fingerprint density at radius 2 is 2.13 bits per heavy atom. The zero-order chi connectivity index (χ0) is 16.3. The molecule has 8 heteroatoms. The molecule has 0 N–H and O–H groups in total. The van der Waals surface area contributed by atoms with E-state index < -0.39 is 10.0 Å². The fourth-order valence-corrected chi connectivity index (χ4v) is 4.39. The van der Waals surface area contributed by atoms with Gasteiger partial charge < -0.3 is 9.32 Å². The van der Waals surface area contributed by atoms with Crippen molar-refractivity contribution in [1.29, 1.82) is 0 Å². The molecule has 23 heavy (non-hydrogen) atoms. The van der Waals surface area contributed by atoms with Crippen molar-refractivity contribution in [3.8, 4) is 0 Å². The molecular weight excluding hydrogens is 316 g/mol. The molecule has 0 atom stereocenters. The summed E-state index contributed by atoms with van der Waals surface area (Å²) in [5.74, 6) is 0.232. The van der Waals surface area contributed by atoms with Gasteiger partial charge in [-0.2, -0.15) is 4.98 Å². The number of nitrogens with zero attached hydrogens (tertiary/aromatic N) is 4. The van der Waals surface area contributed by atoms with Gasteiger partial charge >= 0.3 is 0 Å². The topological polar surface area (TPSA) is 79.5 Å². The molecule has 0 unspecified atom stereocenters. The highest BCUT2D eigenvalue weighted by Gasteiger charge is 2.26. The Kier molecular flexibility index (Phi) is 4.82. The lowest BCUT2D eigenvalue weighted by Crippen LogP contribution is -2.36. The average Bonchev–Trinajstić information content (AvgIpc) is 2.81. The Labute approximate surface area is 136 Å². The zero-order valence-electron chi connectivity index (χ0n) is 13.3. The van der Waals surface area contributed by atoms with Gasteiger partial charge in [-0.25, -0.2) is 17.7 Å². The van der Waals surface area contributed by atoms with E-state index in [0.29, 0.717) is 43.3 Å². The molecular formula is C15H22N4O3S. The minimum absolute atomic E-state index is 0.232. The number of anilines is 1. The SMILES string of the molecule is CCCCS(=O)(=O)N1CCCN(c2nc3ncccc3o2)CC1. The van der Waals surface area contributed by atoms with Gasteiger partial charge in [-0.1, -0.05) is 13.3 Å². The first-order valence-electron chi connectivity index (χ1n) is 8.04. The first-order chi connectivity index (χ1) is 11.1. The predicted octanol–water partition coefficient (Wildman–Crippen LogP) is 1.86. The van der Waals surface area contributed by atoms with E-state index in [2.05, 4.69) is 9.97 Å². The highest BCUT2D eigenvalue weighted by molar-refractivity contribution is 7.89. The highest BCUT2D eigenvalue weighted by atomic mass is 32.2. The van der Waals surface area contributed by atoms with Crippen molar-refractivity contribution in [2.45, 2.75) is 26.2 Å². The number of oxazole rings is 1. The lowest BCUT2D eigenvalue weighted by atomic mass is 10.4. The Morgan fingerprint density at radius 1 is 1.26 bits per heavy atom. The molecule has 0 bridgehead atoms. The van der Waals surface area contributed by atoms with Crippen LogP contribution in [0.25, 0.3) is 11.2 Å². The second kappa shape index (κ2) is 6.84. The summed E-state index contributed by atoms with van der Waals surface area (Å²) in [6.07, 6.45) is 4.03. The molecule has 1 aliphatic rings. The Morgan fingerprint density at radius 3 is 2.91 bits per heavy atom. The minimum Gasteiger partial charge on any atom is -0.422 e. The molecule has 2 aromatic rings. The molecule has 126 valence electrons. The van der Waals surface area contributed by atoms with Gasteiger partial charge in [0.15, 0.2) is 5.58 Å². The molecule has 0 aliphatic carbocycles. The lowest BCUT2D eigenvalue weighted by molar-refractivity contribution is 0.431. The Balaban J connectivity index is 1.71. The van der Waals surface area contributed by atoms with Gasteiger partial charge in [0, 0.05) is 32.4 Å². The molecule has 3 heterocycles. The number of sulfonamides is 1. The van der Waals surface area contributed by atoms with E-state index in [9.17, 15) is 8.42 Å². The largest absolute Gasteiger partial charge is 0.422 e. The first kappa shape index (κ1) is 16.2. The molecule has 1 aliphatic heterocycles. The van der Waals surface area contributed by atoms with Crippen LogP contribution in [0.5, 0.6) is 0 Å². The smallest absolute Gasteiger partial charge is 0.299 e. The van der Waals surface area contributed by atoms with E-state index >= 15 is 0 Å². The second-order valence-electron chi connectivity index (χ2n) is 5.73. The average molecular weight is 338 g/mol. The van der Waals surface area contributed by atoms with Crippen LogP contribution in [0.15, 0.2) is 22.7 Å². The normalized spacial score (nSPS) is 17.5. The van der Waals surface area contributed by atoms with Gasteiger partial charge in [-0.05, 0) is 25.0 Å². The molecule has 2 aromatic heterocycles. The molecule has 3 rings (SSSR count). The Hall–Kier alpha value is -1.67. The maximum absolute atomic E-state index is 12.3. The quantitative estimate of drug-likeness (QED) is 0.828. The van der Waals surface area contributed by atoms with Crippen LogP contribution < -0.4 is 4.90 Å². The van der Waals surface area contributed by atoms with Crippen molar-refractivity contribution in [1.82, 2.24) is 14.3 Å². The van der Waals surface area contributed by atoms with Crippen LogP contribution in [-0.2, 0) is 10.0 Å². The molecule has 1 fully saturated rings. The fourth-order valence-electron chi connectivity index (χ4n) is 2.71. The van der Waals surface area contributed by atoms with Crippen LogP contribution in [0.4, 0.5) is 6.01 Å². The molecule has 0 saturated carbocycles. The van der Waals surface area contributed by atoms with Gasteiger partial charge in [-0.3, -0.25) is 0 Å². The monoisotopic (exact) mass is 338 g/mol. The summed E-state index contributed by atoms with van der Waals surface area (Å²) >= 11 is 0. The summed E-state index contributed by atoms with van der Waals surface area (Å²) in [6.45, 7) is 4.34. The summed E-state index contributed by atoms with van der Waals surface area (Å²) in [5, 5.41) is 0. The summed E-state index contributed by atoms with van der Waals surface area (Å²) in [4.78, 5) is 10.6. The summed E-state index contributed by atoms with van der Waals surface area (Å²) < 4.78 is 32.0. The maximum Gasteiger partial charge on any atom is 0.299 e. The van der Waals surface area contributed by atoms with E-state index in [1.165, 1.54) is 0 Å². The highest BCUT2D eigenvalue weighted by Crippen LogP contribution is 2.22. The van der Waals surface area contributed by atoms with E-state index in [0.717, 1.165) is 19.4 Å². The molecule has 0 amide bonds. The summed E-state index contributed by atoms with van der Waals surface area (Å²) in [7, 11) is -3.16. The zero-order valence-corrected chi connectivity index (χ0v) is 14.1. The summed E-state index contributed by atoms with van der Waals surface area (Å²) in [6, 6.07) is 4.16. The van der Waals surface area contributed by atoms with Crippen LogP contribution >= 0.6 is 0 Å². The number of unbranched alkanes of at least 4 members (excludes halogenated alkanes) is 1. The number of aromatic nitrogens is 2. The van der Waals surface area contributed by atoms with E-state index in [1.54, 1.807) is 10.5 Å². The van der Waals surface area contributed by atoms with Gasteiger partial charge in [-0.15, -0.1) is 0 Å². The molecule has 1 saturated heterocycles. The van der Waals surface area contributed by atoms with Crippen LogP contribution in [0.1, 0.15) is 26.2 Å². The van der Waals surface area contributed by atoms with Crippen molar-refractivity contribution < 1.29 is 12.8 Å². The van der Waals surface area contributed by atoms with E-state index in [-0.39, 0.29) is 5.75 Å². The lowest BCUT2D eigenvalue weighted by Gasteiger charge is -2.20. The van der Waals surface area contributed by atoms with Crippen LogP contribution in [0.3, 0.4) is 0 Å². The first-order valence-corrected chi connectivity index (χ1v) is 9.65. The van der Waals surface area contributed by atoms with Crippen molar-refractivity contribution in [2.75, 3.05) is 36.8 Å². The van der Waals surface area contributed by atoms with Crippen molar-refractivity contribution in [3.05, 3.63) is 18.3 Å². The molecule has 0 spiro atoms. The van der Waals surface area contributed by atoms with Crippen molar-refractivity contribution in [3.63, 3.8) is 0 Å². The fraction of sp³-hybridized carbons (Fsp3) is 0.600. The van der Waals surface area contributed by atoms with Crippen molar-refractivity contribution in [2.24, 2.45) is 0 Å². The molecule has 0 radical (unpaired) electrons.